The van der Waals surface area contributed by atoms with Gasteiger partial charge in [0.1, 0.15) is 0 Å². The van der Waals surface area contributed by atoms with Gasteiger partial charge in [0.2, 0.25) is 11.8 Å². The lowest BCUT2D eigenvalue weighted by molar-refractivity contribution is -0.120. The smallest absolute Gasteiger partial charge is 0.249 e. The summed E-state index contributed by atoms with van der Waals surface area (Å²) in [6.45, 7) is 5.94. The molecule has 1 aromatic rings. The molecule has 0 saturated heterocycles. The highest BCUT2D eigenvalue weighted by atomic mass is 16.2. The zero-order valence-corrected chi connectivity index (χ0v) is 11.6. The van der Waals surface area contributed by atoms with Gasteiger partial charge in [0.25, 0.3) is 0 Å². The normalized spacial score (nSPS) is 12.3. The number of primary amides is 1. The van der Waals surface area contributed by atoms with Gasteiger partial charge in [0, 0.05) is 17.8 Å². The molecular formula is C14H21N3O2. The van der Waals surface area contributed by atoms with Gasteiger partial charge in [-0.3, -0.25) is 9.59 Å². The lowest BCUT2D eigenvalue weighted by Gasteiger charge is -2.19. The third kappa shape index (κ3) is 3.54. The molecule has 5 heteroatoms. The van der Waals surface area contributed by atoms with Crippen molar-refractivity contribution in [1.29, 1.82) is 0 Å². The first-order valence-corrected chi connectivity index (χ1v) is 6.28. The van der Waals surface area contributed by atoms with Crippen molar-refractivity contribution in [3.05, 3.63) is 29.3 Å². The molecule has 0 aliphatic carbocycles. The Balaban J connectivity index is 2.97. The van der Waals surface area contributed by atoms with Gasteiger partial charge < -0.3 is 16.8 Å². The summed E-state index contributed by atoms with van der Waals surface area (Å²) in [5.74, 6) is -0.740. The van der Waals surface area contributed by atoms with E-state index in [2.05, 4.69) is 5.32 Å². The fraction of sp³-hybridized carbons (Fsp3) is 0.429. The maximum atomic E-state index is 12.1. The number of carbonyl (C=O) groups excluding carboxylic acids is 2. The van der Waals surface area contributed by atoms with Crippen LogP contribution in [0.4, 0.5) is 5.69 Å². The highest BCUT2D eigenvalue weighted by Gasteiger charge is 2.21. The molecule has 0 saturated carbocycles. The van der Waals surface area contributed by atoms with Gasteiger partial charge in [-0.15, -0.1) is 0 Å². The summed E-state index contributed by atoms with van der Waals surface area (Å²) >= 11 is 0. The van der Waals surface area contributed by atoms with Crippen LogP contribution in [0.25, 0.3) is 0 Å². The Kier molecular flexibility index (Phi) is 5.06. The SMILES string of the molecule is Cc1c(NC(=O)C(CN)C(C)C)cccc1C(N)=O. The van der Waals surface area contributed by atoms with E-state index in [0.29, 0.717) is 16.8 Å². The van der Waals surface area contributed by atoms with Crippen LogP contribution in [0.15, 0.2) is 18.2 Å². The van der Waals surface area contributed by atoms with Gasteiger partial charge in [-0.05, 0) is 30.5 Å². The summed E-state index contributed by atoms with van der Waals surface area (Å²) in [5, 5.41) is 2.81. The molecule has 1 unspecified atom stereocenters. The molecule has 5 N–H and O–H groups in total. The second-order valence-electron chi connectivity index (χ2n) is 4.92. The molecule has 0 spiro atoms. The second-order valence-corrected chi connectivity index (χ2v) is 4.92. The Bertz CT molecular complexity index is 484. The lowest BCUT2D eigenvalue weighted by Crippen LogP contribution is -2.33. The summed E-state index contributed by atoms with van der Waals surface area (Å²) in [7, 11) is 0. The van der Waals surface area contributed by atoms with E-state index in [0.717, 1.165) is 0 Å². The molecule has 0 aliphatic heterocycles. The monoisotopic (exact) mass is 263 g/mol. The molecule has 0 heterocycles. The Morgan fingerprint density at radius 3 is 2.42 bits per heavy atom. The first-order valence-electron chi connectivity index (χ1n) is 6.28. The van der Waals surface area contributed by atoms with E-state index in [4.69, 9.17) is 11.5 Å². The summed E-state index contributed by atoms with van der Waals surface area (Å²) in [6.07, 6.45) is 0. The summed E-state index contributed by atoms with van der Waals surface area (Å²) in [5.41, 5.74) is 12.6. The first-order chi connectivity index (χ1) is 8.88. The third-order valence-electron chi connectivity index (χ3n) is 3.25. The Morgan fingerprint density at radius 1 is 1.32 bits per heavy atom. The summed E-state index contributed by atoms with van der Waals surface area (Å²) in [6, 6.07) is 5.07. The molecule has 5 nitrogen and oxygen atoms in total. The van der Waals surface area contributed by atoms with Gasteiger partial charge in [-0.2, -0.15) is 0 Å². The predicted molar refractivity (Wildman–Crippen MR) is 75.7 cm³/mol. The van der Waals surface area contributed by atoms with Gasteiger partial charge in [0.15, 0.2) is 0 Å². The largest absolute Gasteiger partial charge is 0.366 e. The summed E-state index contributed by atoms with van der Waals surface area (Å²) < 4.78 is 0. The highest BCUT2D eigenvalue weighted by Crippen LogP contribution is 2.20. The van der Waals surface area contributed by atoms with Gasteiger partial charge in [-0.25, -0.2) is 0 Å². The van der Waals surface area contributed by atoms with Gasteiger partial charge in [-0.1, -0.05) is 19.9 Å². The third-order valence-corrected chi connectivity index (χ3v) is 3.25. The second kappa shape index (κ2) is 6.33. The number of rotatable bonds is 5. The molecule has 0 fully saturated rings. The van der Waals surface area contributed by atoms with E-state index < -0.39 is 5.91 Å². The maximum absolute atomic E-state index is 12.1. The van der Waals surface area contributed by atoms with Crippen molar-refractivity contribution in [2.45, 2.75) is 20.8 Å². The zero-order chi connectivity index (χ0) is 14.6. The minimum atomic E-state index is -0.507. The average molecular weight is 263 g/mol. The van der Waals surface area contributed by atoms with E-state index in [-0.39, 0.29) is 24.3 Å². The molecular weight excluding hydrogens is 242 g/mol. The molecule has 2 amide bonds. The molecule has 104 valence electrons. The number of benzene rings is 1. The fourth-order valence-corrected chi connectivity index (χ4v) is 1.95. The lowest BCUT2D eigenvalue weighted by atomic mass is 9.95. The predicted octanol–water partition coefficient (Wildman–Crippen LogP) is 1.26. The van der Waals surface area contributed by atoms with Crippen LogP contribution in [0.2, 0.25) is 0 Å². The van der Waals surface area contributed by atoms with Crippen LogP contribution in [0.5, 0.6) is 0 Å². The molecule has 0 radical (unpaired) electrons. The van der Waals surface area contributed by atoms with Gasteiger partial charge in [0.05, 0.1) is 5.92 Å². The fourth-order valence-electron chi connectivity index (χ4n) is 1.95. The van der Waals surface area contributed by atoms with Crippen LogP contribution in [0.3, 0.4) is 0 Å². The van der Waals surface area contributed by atoms with Crippen molar-refractivity contribution in [2.75, 3.05) is 11.9 Å². The Hall–Kier alpha value is -1.88. The van der Waals surface area contributed by atoms with Crippen LogP contribution >= 0.6 is 0 Å². The topological polar surface area (TPSA) is 98.2 Å². The van der Waals surface area contributed by atoms with E-state index in [1.54, 1.807) is 25.1 Å². The number of hydrogen-bond acceptors (Lipinski definition) is 3. The van der Waals surface area contributed by atoms with Crippen molar-refractivity contribution in [1.82, 2.24) is 0 Å². The summed E-state index contributed by atoms with van der Waals surface area (Å²) in [4.78, 5) is 23.4. The number of hydrogen-bond donors (Lipinski definition) is 3. The zero-order valence-electron chi connectivity index (χ0n) is 11.6. The average Bonchev–Trinajstić information content (AvgIpc) is 2.31. The van der Waals surface area contributed by atoms with Crippen LogP contribution in [-0.2, 0) is 4.79 Å². The molecule has 0 aliphatic rings. The van der Waals surface area contributed by atoms with E-state index in [9.17, 15) is 9.59 Å². The standard InChI is InChI=1S/C14H21N3O2/c1-8(2)11(7-15)14(19)17-12-6-4-5-10(9(12)3)13(16)18/h4-6,8,11H,7,15H2,1-3H3,(H2,16,18)(H,17,19). The quantitative estimate of drug-likeness (QED) is 0.746. The molecule has 0 bridgehead atoms. The van der Waals surface area contributed by atoms with E-state index in [1.807, 2.05) is 13.8 Å². The number of anilines is 1. The number of carbonyl (C=O) groups is 2. The first kappa shape index (κ1) is 15.2. The van der Waals surface area contributed by atoms with Crippen LogP contribution in [0, 0.1) is 18.8 Å². The van der Waals surface area contributed by atoms with Crippen LogP contribution in [-0.4, -0.2) is 18.4 Å². The number of nitrogens with one attached hydrogen (secondary N) is 1. The van der Waals surface area contributed by atoms with Crippen molar-refractivity contribution < 1.29 is 9.59 Å². The minimum absolute atomic E-state index is 0.137. The van der Waals surface area contributed by atoms with Crippen molar-refractivity contribution in [2.24, 2.45) is 23.3 Å². The molecule has 19 heavy (non-hydrogen) atoms. The molecule has 1 atom stereocenters. The van der Waals surface area contributed by atoms with E-state index >= 15 is 0 Å². The molecule has 0 aromatic heterocycles. The minimum Gasteiger partial charge on any atom is -0.366 e. The van der Waals surface area contributed by atoms with Gasteiger partial charge >= 0.3 is 0 Å². The molecule has 1 rings (SSSR count). The van der Waals surface area contributed by atoms with Crippen molar-refractivity contribution >= 4 is 17.5 Å². The van der Waals surface area contributed by atoms with Crippen LogP contribution < -0.4 is 16.8 Å². The van der Waals surface area contributed by atoms with Crippen molar-refractivity contribution in [3.63, 3.8) is 0 Å². The number of nitrogens with two attached hydrogens (primary N) is 2. The Morgan fingerprint density at radius 2 is 1.95 bits per heavy atom. The number of amides is 2. The maximum Gasteiger partial charge on any atom is 0.249 e. The highest BCUT2D eigenvalue weighted by molar-refractivity contribution is 5.99. The Labute approximate surface area is 113 Å². The van der Waals surface area contributed by atoms with Crippen molar-refractivity contribution in [3.8, 4) is 0 Å². The van der Waals surface area contributed by atoms with E-state index in [1.165, 1.54) is 0 Å². The molecule has 1 aromatic carbocycles. The van der Waals surface area contributed by atoms with Crippen LogP contribution in [0.1, 0.15) is 29.8 Å².